The maximum atomic E-state index is 9.30. The summed E-state index contributed by atoms with van der Waals surface area (Å²) in [5.74, 6) is 1.60. The Morgan fingerprint density at radius 2 is 2.05 bits per heavy atom. The van der Waals surface area contributed by atoms with Crippen molar-refractivity contribution in [2.75, 3.05) is 19.7 Å². The number of aromatic nitrogens is 3. The number of rotatable bonds is 9. The number of hydrogen-bond acceptors (Lipinski definition) is 4. The van der Waals surface area contributed by atoms with E-state index >= 15 is 0 Å². The standard InChI is InChI=1S/C15H30N6O/c1-5-15(6-2,8-9-22)11-18-14(16-7-3)17-10-13-19-12-20-21(13)4/h12,22H,5-11H2,1-4H3,(H2,16,17,18). The van der Waals surface area contributed by atoms with E-state index in [9.17, 15) is 5.11 Å². The molecule has 0 bridgehead atoms. The van der Waals surface area contributed by atoms with Gasteiger partial charge in [0.15, 0.2) is 5.96 Å². The highest BCUT2D eigenvalue weighted by atomic mass is 16.3. The zero-order valence-corrected chi connectivity index (χ0v) is 14.3. The van der Waals surface area contributed by atoms with Crippen molar-refractivity contribution in [1.29, 1.82) is 0 Å². The molecule has 1 heterocycles. The molecule has 7 heteroatoms. The first kappa shape index (κ1) is 18.4. The number of hydrogen-bond donors (Lipinski definition) is 3. The zero-order valence-electron chi connectivity index (χ0n) is 14.3. The summed E-state index contributed by atoms with van der Waals surface area (Å²) in [7, 11) is 1.86. The predicted octanol–water partition coefficient (Wildman–Crippen LogP) is 1.06. The lowest BCUT2D eigenvalue weighted by Crippen LogP contribution is -2.44. The van der Waals surface area contributed by atoms with E-state index in [0.717, 1.165) is 44.1 Å². The molecule has 0 aliphatic carbocycles. The molecule has 0 fully saturated rings. The lowest BCUT2D eigenvalue weighted by Gasteiger charge is -2.32. The van der Waals surface area contributed by atoms with E-state index in [4.69, 9.17) is 0 Å². The number of nitrogens with zero attached hydrogens (tertiary/aromatic N) is 4. The molecule has 0 aliphatic heterocycles. The summed E-state index contributed by atoms with van der Waals surface area (Å²) in [5.41, 5.74) is 0.107. The van der Waals surface area contributed by atoms with Crippen molar-refractivity contribution >= 4 is 5.96 Å². The molecule has 7 nitrogen and oxygen atoms in total. The molecule has 0 unspecified atom stereocenters. The maximum absolute atomic E-state index is 9.30. The Bertz CT molecular complexity index is 453. The van der Waals surface area contributed by atoms with E-state index in [1.54, 1.807) is 4.68 Å². The van der Waals surface area contributed by atoms with Crippen LogP contribution in [0.5, 0.6) is 0 Å². The van der Waals surface area contributed by atoms with Gasteiger partial charge in [-0.1, -0.05) is 13.8 Å². The Labute approximate surface area is 133 Å². The highest BCUT2D eigenvalue weighted by Crippen LogP contribution is 2.29. The van der Waals surface area contributed by atoms with Gasteiger partial charge in [-0.25, -0.2) is 9.98 Å². The van der Waals surface area contributed by atoms with Crippen molar-refractivity contribution in [2.45, 2.75) is 46.6 Å². The highest BCUT2D eigenvalue weighted by Gasteiger charge is 2.25. The molecule has 126 valence electrons. The van der Waals surface area contributed by atoms with E-state index in [1.807, 2.05) is 14.0 Å². The number of aliphatic hydroxyl groups excluding tert-OH is 1. The Kier molecular flexibility index (Phi) is 7.87. The normalized spacial score (nSPS) is 12.5. The van der Waals surface area contributed by atoms with Crippen molar-refractivity contribution in [1.82, 2.24) is 25.4 Å². The first-order valence-corrected chi connectivity index (χ1v) is 8.06. The summed E-state index contributed by atoms with van der Waals surface area (Å²) < 4.78 is 1.72. The van der Waals surface area contributed by atoms with Gasteiger partial charge in [0.1, 0.15) is 18.7 Å². The fourth-order valence-corrected chi connectivity index (χ4v) is 2.41. The van der Waals surface area contributed by atoms with Crippen LogP contribution in [0.2, 0.25) is 0 Å². The Morgan fingerprint density at radius 1 is 1.32 bits per heavy atom. The summed E-state index contributed by atoms with van der Waals surface area (Å²) in [5, 5.41) is 20.0. The Balaban J connectivity index is 2.68. The maximum Gasteiger partial charge on any atom is 0.191 e. The molecular formula is C15H30N6O. The Hall–Kier alpha value is -1.63. The number of nitrogens with one attached hydrogen (secondary N) is 2. The molecular weight excluding hydrogens is 280 g/mol. The molecule has 0 radical (unpaired) electrons. The molecule has 0 amide bonds. The summed E-state index contributed by atoms with van der Waals surface area (Å²) in [6, 6.07) is 0. The number of aliphatic hydroxyl groups is 1. The van der Waals surface area contributed by atoms with Crippen LogP contribution in [0.1, 0.15) is 45.9 Å². The first-order valence-electron chi connectivity index (χ1n) is 8.06. The van der Waals surface area contributed by atoms with Gasteiger partial charge in [0.2, 0.25) is 0 Å². The van der Waals surface area contributed by atoms with Crippen LogP contribution in [-0.2, 0) is 13.6 Å². The summed E-state index contributed by atoms with van der Waals surface area (Å²) in [6.45, 7) is 8.68. The minimum atomic E-state index is 0.107. The fourth-order valence-electron chi connectivity index (χ4n) is 2.41. The fraction of sp³-hybridized carbons (Fsp3) is 0.800. The van der Waals surface area contributed by atoms with Crippen LogP contribution in [0, 0.1) is 5.41 Å². The minimum absolute atomic E-state index is 0.107. The van der Waals surface area contributed by atoms with Crippen molar-refractivity contribution in [2.24, 2.45) is 17.5 Å². The van der Waals surface area contributed by atoms with Crippen molar-refractivity contribution in [3.63, 3.8) is 0 Å². The lowest BCUT2D eigenvalue weighted by molar-refractivity contribution is 0.169. The molecule has 0 spiro atoms. The predicted molar refractivity (Wildman–Crippen MR) is 88.5 cm³/mol. The topological polar surface area (TPSA) is 87.4 Å². The van der Waals surface area contributed by atoms with E-state index < -0.39 is 0 Å². The molecule has 1 rings (SSSR count). The third kappa shape index (κ3) is 5.29. The average molecular weight is 310 g/mol. The van der Waals surface area contributed by atoms with Crippen LogP contribution in [0.4, 0.5) is 0 Å². The molecule has 0 aliphatic rings. The number of aryl methyl sites for hydroxylation is 1. The van der Waals surface area contributed by atoms with E-state index in [2.05, 4.69) is 39.6 Å². The molecule has 22 heavy (non-hydrogen) atoms. The van der Waals surface area contributed by atoms with Gasteiger partial charge in [-0.2, -0.15) is 5.10 Å². The summed E-state index contributed by atoms with van der Waals surface area (Å²) in [4.78, 5) is 8.73. The molecule has 0 atom stereocenters. The van der Waals surface area contributed by atoms with Crippen molar-refractivity contribution < 1.29 is 5.11 Å². The van der Waals surface area contributed by atoms with Crippen LogP contribution >= 0.6 is 0 Å². The molecule has 1 aromatic heterocycles. The van der Waals surface area contributed by atoms with Crippen molar-refractivity contribution in [3.8, 4) is 0 Å². The van der Waals surface area contributed by atoms with E-state index in [-0.39, 0.29) is 12.0 Å². The smallest absolute Gasteiger partial charge is 0.191 e. The van der Waals surface area contributed by atoms with Crippen LogP contribution in [-0.4, -0.2) is 45.5 Å². The first-order chi connectivity index (χ1) is 10.6. The van der Waals surface area contributed by atoms with Gasteiger partial charge in [0.25, 0.3) is 0 Å². The SMILES string of the molecule is CCNC(=NCc1ncnn1C)NCC(CC)(CC)CCO. The van der Waals surface area contributed by atoms with Gasteiger partial charge in [0, 0.05) is 26.7 Å². The third-order valence-corrected chi connectivity index (χ3v) is 4.30. The van der Waals surface area contributed by atoms with Crippen LogP contribution in [0.15, 0.2) is 11.3 Å². The highest BCUT2D eigenvalue weighted by molar-refractivity contribution is 5.79. The van der Waals surface area contributed by atoms with Crippen LogP contribution in [0.3, 0.4) is 0 Å². The third-order valence-electron chi connectivity index (χ3n) is 4.30. The minimum Gasteiger partial charge on any atom is -0.396 e. The molecule has 1 aromatic rings. The quantitative estimate of drug-likeness (QED) is 0.469. The zero-order chi connectivity index (χ0) is 16.4. The van der Waals surface area contributed by atoms with Gasteiger partial charge in [0.05, 0.1) is 0 Å². The average Bonchev–Trinajstić information content (AvgIpc) is 2.94. The second kappa shape index (κ2) is 9.40. The van der Waals surface area contributed by atoms with Gasteiger partial charge in [-0.3, -0.25) is 4.68 Å². The van der Waals surface area contributed by atoms with Crippen molar-refractivity contribution in [3.05, 3.63) is 12.2 Å². The molecule has 0 saturated carbocycles. The Morgan fingerprint density at radius 3 is 2.55 bits per heavy atom. The number of guanidine groups is 1. The summed E-state index contributed by atoms with van der Waals surface area (Å²) >= 11 is 0. The second-order valence-corrected chi connectivity index (χ2v) is 5.53. The van der Waals surface area contributed by atoms with E-state index in [1.165, 1.54) is 6.33 Å². The molecule has 3 N–H and O–H groups in total. The lowest BCUT2D eigenvalue weighted by atomic mass is 9.79. The second-order valence-electron chi connectivity index (χ2n) is 5.53. The van der Waals surface area contributed by atoms with Gasteiger partial charge < -0.3 is 15.7 Å². The molecule has 0 aromatic carbocycles. The summed E-state index contributed by atoms with van der Waals surface area (Å²) in [6.07, 6.45) is 4.39. The molecule has 0 saturated heterocycles. The van der Waals surface area contributed by atoms with Gasteiger partial charge >= 0.3 is 0 Å². The van der Waals surface area contributed by atoms with Gasteiger partial charge in [-0.15, -0.1) is 0 Å². The largest absolute Gasteiger partial charge is 0.396 e. The van der Waals surface area contributed by atoms with E-state index in [0.29, 0.717) is 6.54 Å². The van der Waals surface area contributed by atoms with Crippen LogP contribution < -0.4 is 10.6 Å². The van der Waals surface area contributed by atoms with Gasteiger partial charge in [-0.05, 0) is 31.6 Å². The number of aliphatic imine (C=N–C) groups is 1. The monoisotopic (exact) mass is 310 g/mol. The van der Waals surface area contributed by atoms with Crippen LogP contribution in [0.25, 0.3) is 0 Å².